The second-order valence-corrected chi connectivity index (χ2v) is 6.59. The number of hydrogen-bond acceptors (Lipinski definition) is 3. The van der Waals surface area contributed by atoms with E-state index in [2.05, 4.69) is 22.3 Å². The molecular formula is C16H23ClN2OS. The average Bonchev–Trinajstić information content (AvgIpc) is 2.74. The molecule has 2 fully saturated rings. The minimum Gasteiger partial charge on any atom is -0.334 e. The molecule has 21 heavy (non-hydrogen) atoms. The van der Waals surface area contributed by atoms with Gasteiger partial charge in [0.05, 0.1) is 0 Å². The lowest BCUT2D eigenvalue weighted by Crippen LogP contribution is -2.44. The van der Waals surface area contributed by atoms with Gasteiger partial charge in [-0.15, -0.1) is 24.2 Å². The molecule has 3 nitrogen and oxygen atoms in total. The fraction of sp³-hybridized carbons (Fsp3) is 0.562. The molecule has 2 saturated heterocycles. The Morgan fingerprint density at radius 2 is 1.95 bits per heavy atom. The highest BCUT2D eigenvalue weighted by atomic mass is 35.5. The Balaban J connectivity index is 0.00000161. The maximum absolute atomic E-state index is 13.0. The third-order valence-corrected chi connectivity index (χ3v) is 5.42. The summed E-state index contributed by atoms with van der Waals surface area (Å²) in [6.45, 7) is 2.00. The molecule has 1 aromatic rings. The number of amides is 1. The Labute approximate surface area is 137 Å². The number of nitrogens with one attached hydrogen (secondary N) is 1. The highest BCUT2D eigenvalue weighted by molar-refractivity contribution is 7.99. The van der Waals surface area contributed by atoms with Gasteiger partial charge in [-0.1, -0.05) is 30.3 Å². The maximum atomic E-state index is 13.0. The predicted molar refractivity (Wildman–Crippen MR) is 91.1 cm³/mol. The largest absolute Gasteiger partial charge is 0.334 e. The molecule has 1 amide bonds. The molecule has 3 rings (SSSR count). The summed E-state index contributed by atoms with van der Waals surface area (Å²) in [4.78, 5) is 15.2. The van der Waals surface area contributed by atoms with Crippen LogP contribution in [0, 0.1) is 0 Å². The standard InChI is InChI=1S/C16H22N2OS.ClH/c1-20-15(12-5-3-2-4-6-12)16(19)18-13-7-8-14(18)11-17-10-9-13;/h2-6,13-15,17H,7-11H2,1H3;1H. The summed E-state index contributed by atoms with van der Waals surface area (Å²) >= 11 is 1.65. The van der Waals surface area contributed by atoms with Gasteiger partial charge in [-0.2, -0.15) is 0 Å². The lowest BCUT2D eigenvalue weighted by atomic mass is 10.1. The summed E-state index contributed by atoms with van der Waals surface area (Å²) in [5.41, 5.74) is 1.13. The van der Waals surface area contributed by atoms with Crippen molar-refractivity contribution in [3.63, 3.8) is 0 Å². The molecule has 3 unspecified atom stereocenters. The zero-order chi connectivity index (χ0) is 13.9. The van der Waals surface area contributed by atoms with Crippen LogP contribution in [0.1, 0.15) is 30.1 Å². The van der Waals surface area contributed by atoms with Crippen molar-refractivity contribution in [2.45, 2.75) is 36.6 Å². The van der Waals surface area contributed by atoms with Crippen molar-refractivity contribution >= 4 is 30.1 Å². The van der Waals surface area contributed by atoms with Crippen molar-refractivity contribution in [3.8, 4) is 0 Å². The van der Waals surface area contributed by atoms with Gasteiger partial charge in [0.25, 0.3) is 0 Å². The van der Waals surface area contributed by atoms with Crippen LogP contribution in [0.15, 0.2) is 30.3 Å². The van der Waals surface area contributed by atoms with E-state index in [-0.39, 0.29) is 17.7 Å². The van der Waals surface area contributed by atoms with Gasteiger partial charge in [0, 0.05) is 18.6 Å². The van der Waals surface area contributed by atoms with Gasteiger partial charge >= 0.3 is 0 Å². The van der Waals surface area contributed by atoms with Gasteiger partial charge in [0.2, 0.25) is 5.91 Å². The van der Waals surface area contributed by atoms with E-state index in [9.17, 15) is 4.79 Å². The number of nitrogens with zero attached hydrogens (tertiary/aromatic N) is 1. The number of halogens is 1. The SMILES string of the molecule is CSC(C(=O)N1C2CCNCC1CC2)c1ccccc1.Cl. The lowest BCUT2D eigenvalue weighted by molar-refractivity contribution is -0.133. The molecule has 1 N–H and O–H groups in total. The van der Waals surface area contributed by atoms with Crippen molar-refractivity contribution in [2.75, 3.05) is 19.3 Å². The molecule has 0 saturated carbocycles. The van der Waals surface area contributed by atoms with Crippen LogP contribution in [0.25, 0.3) is 0 Å². The van der Waals surface area contributed by atoms with E-state index < -0.39 is 0 Å². The summed E-state index contributed by atoms with van der Waals surface area (Å²) in [5.74, 6) is 0.305. The van der Waals surface area contributed by atoms with Crippen LogP contribution in [0.5, 0.6) is 0 Å². The molecule has 0 aromatic heterocycles. The molecule has 2 aliphatic rings. The second kappa shape index (κ2) is 7.52. The summed E-state index contributed by atoms with van der Waals surface area (Å²) in [7, 11) is 0. The Kier molecular flexibility index (Phi) is 5.97. The Morgan fingerprint density at radius 1 is 1.24 bits per heavy atom. The van der Waals surface area contributed by atoms with E-state index in [4.69, 9.17) is 0 Å². The number of carbonyl (C=O) groups is 1. The van der Waals surface area contributed by atoms with Gasteiger partial charge in [0.15, 0.2) is 0 Å². The Hall–Kier alpha value is -0.710. The number of benzene rings is 1. The highest BCUT2D eigenvalue weighted by Crippen LogP contribution is 2.35. The molecular weight excluding hydrogens is 304 g/mol. The van der Waals surface area contributed by atoms with Gasteiger partial charge in [-0.05, 0) is 37.6 Å². The van der Waals surface area contributed by atoms with Crippen molar-refractivity contribution in [3.05, 3.63) is 35.9 Å². The van der Waals surface area contributed by atoms with Crippen LogP contribution in [-0.4, -0.2) is 42.2 Å². The number of carbonyl (C=O) groups excluding carboxylic acids is 1. The van der Waals surface area contributed by atoms with Crippen LogP contribution >= 0.6 is 24.2 Å². The van der Waals surface area contributed by atoms with Crippen LogP contribution in [0.3, 0.4) is 0 Å². The first-order chi connectivity index (χ1) is 9.81. The summed E-state index contributed by atoms with van der Waals surface area (Å²) in [6, 6.07) is 11.0. The van der Waals surface area contributed by atoms with E-state index in [1.54, 1.807) is 11.8 Å². The topological polar surface area (TPSA) is 32.3 Å². The van der Waals surface area contributed by atoms with E-state index in [1.807, 2.05) is 24.5 Å². The molecule has 1 aromatic carbocycles. The third-order valence-electron chi connectivity index (χ3n) is 4.47. The molecule has 0 aliphatic carbocycles. The first kappa shape index (κ1) is 16.7. The predicted octanol–water partition coefficient (Wildman–Crippen LogP) is 2.87. The minimum absolute atomic E-state index is 0. The molecule has 116 valence electrons. The summed E-state index contributed by atoms with van der Waals surface area (Å²) in [6.07, 6.45) is 5.46. The maximum Gasteiger partial charge on any atom is 0.240 e. The zero-order valence-corrected chi connectivity index (χ0v) is 14.0. The number of thioether (sulfide) groups is 1. The zero-order valence-electron chi connectivity index (χ0n) is 12.3. The first-order valence-corrected chi connectivity index (χ1v) is 8.70. The van der Waals surface area contributed by atoms with E-state index >= 15 is 0 Å². The normalized spacial score (nSPS) is 25.9. The van der Waals surface area contributed by atoms with Gasteiger partial charge < -0.3 is 10.2 Å². The molecule has 0 spiro atoms. The number of rotatable bonds is 3. The van der Waals surface area contributed by atoms with E-state index in [0.717, 1.165) is 31.5 Å². The number of hydrogen-bond donors (Lipinski definition) is 1. The lowest BCUT2D eigenvalue weighted by Gasteiger charge is -2.31. The van der Waals surface area contributed by atoms with Crippen LogP contribution < -0.4 is 5.32 Å². The quantitative estimate of drug-likeness (QED) is 0.927. The Morgan fingerprint density at radius 3 is 2.67 bits per heavy atom. The van der Waals surface area contributed by atoms with Crippen LogP contribution in [-0.2, 0) is 4.79 Å². The highest BCUT2D eigenvalue weighted by Gasteiger charge is 2.40. The smallest absolute Gasteiger partial charge is 0.240 e. The minimum atomic E-state index is -0.0580. The van der Waals surface area contributed by atoms with Crippen molar-refractivity contribution in [1.82, 2.24) is 10.2 Å². The molecule has 2 aliphatic heterocycles. The van der Waals surface area contributed by atoms with Gasteiger partial charge in [0.1, 0.15) is 5.25 Å². The van der Waals surface area contributed by atoms with Gasteiger partial charge in [-0.3, -0.25) is 4.79 Å². The summed E-state index contributed by atoms with van der Waals surface area (Å²) < 4.78 is 0. The average molecular weight is 327 g/mol. The Bertz CT molecular complexity index is 457. The fourth-order valence-electron chi connectivity index (χ4n) is 3.48. The molecule has 3 atom stereocenters. The third kappa shape index (κ3) is 3.38. The van der Waals surface area contributed by atoms with Crippen LogP contribution in [0.2, 0.25) is 0 Å². The monoisotopic (exact) mass is 326 g/mol. The summed E-state index contributed by atoms with van der Waals surface area (Å²) in [5, 5.41) is 3.40. The molecule has 0 radical (unpaired) electrons. The second-order valence-electron chi connectivity index (χ2n) is 5.65. The fourth-order valence-corrected chi connectivity index (χ4v) is 4.24. The van der Waals surface area contributed by atoms with Gasteiger partial charge in [-0.25, -0.2) is 0 Å². The van der Waals surface area contributed by atoms with Crippen molar-refractivity contribution < 1.29 is 4.79 Å². The molecule has 5 heteroatoms. The molecule has 2 heterocycles. The van der Waals surface area contributed by atoms with Crippen LogP contribution in [0.4, 0.5) is 0 Å². The van der Waals surface area contributed by atoms with Crippen molar-refractivity contribution in [1.29, 1.82) is 0 Å². The molecule has 2 bridgehead atoms. The number of fused-ring (bicyclic) bond motifs is 2. The van der Waals surface area contributed by atoms with E-state index in [1.165, 1.54) is 6.42 Å². The first-order valence-electron chi connectivity index (χ1n) is 7.42. The van der Waals surface area contributed by atoms with E-state index in [0.29, 0.717) is 18.0 Å². The van der Waals surface area contributed by atoms with Crippen molar-refractivity contribution in [2.24, 2.45) is 0 Å².